The zero-order valence-corrected chi connectivity index (χ0v) is 17.7. The van der Waals surface area contributed by atoms with Gasteiger partial charge >= 0.3 is 6.61 Å². The van der Waals surface area contributed by atoms with Gasteiger partial charge in [-0.1, -0.05) is 0 Å². The Morgan fingerprint density at radius 1 is 0.970 bits per heavy atom. The summed E-state index contributed by atoms with van der Waals surface area (Å²) in [6, 6.07) is 6.31. The molecule has 3 aromatic rings. The summed E-state index contributed by atoms with van der Waals surface area (Å²) >= 11 is 0. The van der Waals surface area contributed by atoms with Crippen molar-refractivity contribution in [3.8, 4) is 11.4 Å². The summed E-state index contributed by atoms with van der Waals surface area (Å²) in [5, 5.41) is 15.2. The third-order valence-corrected chi connectivity index (χ3v) is 5.83. The van der Waals surface area contributed by atoms with Crippen LogP contribution in [0.3, 0.4) is 0 Å². The molecule has 33 heavy (non-hydrogen) atoms. The van der Waals surface area contributed by atoms with Crippen molar-refractivity contribution in [2.45, 2.75) is 56.7 Å². The second kappa shape index (κ2) is 9.08. The molecule has 2 fully saturated rings. The van der Waals surface area contributed by atoms with E-state index in [0.29, 0.717) is 23.4 Å². The number of ether oxygens (including phenoxy) is 1. The molecule has 3 aromatic heterocycles. The van der Waals surface area contributed by atoms with E-state index >= 15 is 0 Å². The number of aromatic nitrogens is 5. The minimum Gasteiger partial charge on any atom is -0.433 e. The topological polar surface area (TPSA) is 107 Å². The molecule has 0 unspecified atom stereocenters. The number of halogens is 2. The van der Waals surface area contributed by atoms with E-state index in [9.17, 15) is 13.6 Å². The van der Waals surface area contributed by atoms with E-state index in [1.807, 2.05) is 6.20 Å². The van der Waals surface area contributed by atoms with Crippen LogP contribution in [0.5, 0.6) is 5.75 Å². The Hall–Kier alpha value is -3.63. The molecule has 9 nitrogen and oxygen atoms in total. The Kier molecular flexibility index (Phi) is 5.84. The summed E-state index contributed by atoms with van der Waals surface area (Å²) in [4.78, 5) is 20.9. The van der Waals surface area contributed by atoms with Crippen LogP contribution >= 0.6 is 0 Å². The number of alkyl halides is 2. The minimum atomic E-state index is -2.96. The first-order valence-electron chi connectivity index (χ1n) is 10.9. The van der Waals surface area contributed by atoms with E-state index in [1.165, 1.54) is 41.9 Å². The highest BCUT2D eigenvalue weighted by Crippen LogP contribution is 2.38. The fourth-order valence-corrected chi connectivity index (χ4v) is 4.01. The Morgan fingerprint density at radius 3 is 2.45 bits per heavy atom. The summed E-state index contributed by atoms with van der Waals surface area (Å²) in [5.74, 6) is 1.66. The summed E-state index contributed by atoms with van der Waals surface area (Å²) in [7, 11) is 0. The molecule has 2 saturated carbocycles. The number of rotatable bonds is 8. The second-order valence-electron chi connectivity index (χ2n) is 8.33. The van der Waals surface area contributed by atoms with Crippen molar-refractivity contribution in [1.29, 1.82) is 0 Å². The quantitative estimate of drug-likeness (QED) is 0.533. The summed E-state index contributed by atoms with van der Waals surface area (Å²) in [6.45, 7) is -2.96. The van der Waals surface area contributed by atoms with Crippen LogP contribution in [0.15, 0.2) is 47.7 Å². The van der Waals surface area contributed by atoms with Crippen molar-refractivity contribution < 1.29 is 13.5 Å². The van der Waals surface area contributed by atoms with Crippen LogP contribution in [0.1, 0.15) is 43.7 Å². The van der Waals surface area contributed by atoms with Gasteiger partial charge in [-0.25, -0.2) is 9.97 Å². The van der Waals surface area contributed by atoms with Gasteiger partial charge < -0.3 is 15.4 Å². The predicted molar refractivity (Wildman–Crippen MR) is 117 cm³/mol. The zero-order chi connectivity index (χ0) is 22.8. The first-order valence-corrected chi connectivity index (χ1v) is 10.9. The summed E-state index contributed by atoms with van der Waals surface area (Å²) < 4.78 is 30.5. The van der Waals surface area contributed by atoms with Crippen molar-refractivity contribution in [1.82, 2.24) is 24.7 Å². The fourth-order valence-electron chi connectivity index (χ4n) is 4.01. The van der Waals surface area contributed by atoms with Gasteiger partial charge in [-0.15, -0.1) is 10.2 Å². The molecule has 0 aromatic carbocycles. The van der Waals surface area contributed by atoms with Gasteiger partial charge in [0.2, 0.25) is 5.95 Å². The Bertz CT molecular complexity index is 1150. The maximum absolute atomic E-state index is 12.5. The number of nitrogens with one attached hydrogen (secondary N) is 2. The average molecular weight is 455 g/mol. The average Bonchev–Trinajstić information content (AvgIpc) is 3.57. The van der Waals surface area contributed by atoms with Crippen molar-refractivity contribution in [3.05, 3.63) is 58.9 Å². The zero-order valence-electron chi connectivity index (χ0n) is 17.7. The molecule has 2 aliphatic carbocycles. The molecule has 0 saturated heterocycles. The summed E-state index contributed by atoms with van der Waals surface area (Å²) in [6.07, 6.45) is 9.70. The first kappa shape index (κ1) is 21.2. The number of anilines is 2. The molecule has 0 aliphatic heterocycles. The monoisotopic (exact) mass is 455 g/mol. The van der Waals surface area contributed by atoms with Crippen molar-refractivity contribution in [2.24, 2.45) is 0 Å². The maximum Gasteiger partial charge on any atom is 0.387 e. The molecular formula is C22H23F2N7O2. The Labute approximate surface area is 188 Å². The van der Waals surface area contributed by atoms with Crippen molar-refractivity contribution in [2.75, 3.05) is 10.6 Å². The van der Waals surface area contributed by atoms with Crippen LogP contribution in [0.4, 0.5) is 20.5 Å². The van der Waals surface area contributed by atoms with Crippen molar-refractivity contribution in [3.63, 3.8) is 0 Å². The highest BCUT2D eigenvalue weighted by atomic mass is 19.3. The molecule has 2 atom stereocenters. The van der Waals surface area contributed by atoms with E-state index in [2.05, 4.69) is 35.5 Å². The Morgan fingerprint density at radius 2 is 1.79 bits per heavy atom. The standard InChI is InChI=1S/C22H23F2N7O2/c23-21(24)33-17-6-8-20(32)31(12-17)16-5-7-19(25-10-16)27-14-3-4-15(9-14)28-22-26-11-18(29-30-22)13-1-2-13/h5-8,10-15,21H,1-4,9H2,(H,25,27)(H,26,28,30)/t14-,15-/m0/s1. The molecule has 2 N–H and O–H groups in total. The number of nitrogens with zero attached hydrogens (tertiary/aromatic N) is 5. The van der Waals surface area contributed by atoms with E-state index in [0.717, 1.165) is 25.0 Å². The molecule has 0 spiro atoms. The van der Waals surface area contributed by atoms with Gasteiger partial charge in [0, 0.05) is 24.1 Å². The SMILES string of the molecule is O=c1ccc(OC(F)F)cn1-c1ccc(N[C@H]2CC[C@H](Nc3ncc(C4CC4)nn3)C2)nc1. The lowest BCUT2D eigenvalue weighted by Crippen LogP contribution is -2.22. The molecular weight excluding hydrogens is 432 g/mol. The lowest BCUT2D eigenvalue weighted by molar-refractivity contribution is -0.0502. The third-order valence-electron chi connectivity index (χ3n) is 5.83. The lowest BCUT2D eigenvalue weighted by Gasteiger charge is -2.15. The minimum absolute atomic E-state index is 0.0994. The largest absolute Gasteiger partial charge is 0.433 e. The molecule has 0 bridgehead atoms. The fraction of sp³-hybridized carbons (Fsp3) is 0.409. The predicted octanol–water partition coefficient (Wildman–Crippen LogP) is 3.34. The van der Waals surface area contributed by atoms with Gasteiger partial charge in [-0.2, -0.15) is 8.78 Å². The highest BCUT2D eigenvalue weighted by Gasteiger charge is 2.27. The van der Waals surface area contributed by atoms with E-state index in [-0.39, 0.29) is 23.4 Å². The number of hydrogen-bond acceptors (Lipinski definition) is 8. The van der Waals surface area contributed by atoms with Crippen LogP contribution in [-0.4, -0.2) is 43.4 Å². The van der Waals surface area contributed by atoms with Gasteiger partial charge in [0.25, 0.3) is 5.56 Å². The van der Waals surface area contributed by atoms with E-state index < -0.39 is 6.61 Å². The van der Waals surface area contributed by atoms with Gasteiger partial charge in [-0.3, -0.25) is 9.36 Å². The molecule has 5 rings (SSSR count). The third kappa shape index (κ3) is 5.24. The van der Waals surface area contributed by atoms with Crippen molar-refractivity contribution >= 4 is 11.8 Å². The van der Waals surface area contributed by atoms with Gasteiger partial charge in [0.1, 0.15) is 11.6 Å². The van der Waals surface area contributed by atoms with E-state index in [1.54, 1.807) is 12.1 Å². The molecule has 3 heterocycles. The maximum atomic E-state index is 12.5. The smallest absolute Gasteiger partial charge is 0.387 e. The van der Waals surface area contributed by atoms with Crippen LogP contribution in [-0.2, 0) is 0 Å². The first-order chi connectivity index (χ1) is 16.0. The second-order valence-corrected chi connectivity index (χ2v) is 8.33. The van der Waals surface area contributed by atoms with E-state index in [4.69, 9.17) is 0 Å². The lowest BCUT2D eigenvalue weighted by atomic mass is 10.2. The van der Waals surface area contributed by atoms with Gasteiger partial charge in [-0.05, 0) is 50.3 Å². The normalized spacial score (nSPS) is 20.1. The molecule has 0 amide bonds. The number of hydrogen-bond donors (Lipinski definition) is 2. The molecule has 11 heteroatoms. The van der Waals surface area contributed by atoms with Crippen LogP contribution < -0.4 is 20.9 Å². The highest BCUT2D eigenvalue weighted by molar-refractivity contribution is 5.42. The molecule has 172 valence electrons. The Balaban J connectivity index is 1.17. The van der Waals surface area contributed by atoms with Crippen LogP contribution in [0.25, 0.3) is 5.69 Å². The van der Waals surface area contributed by atoms with Crippen LogP contribution in [0, 0.1) is 0 Å². The molecule has 2 aliphatic rings. The van der Waals surface area contributed by atoms with Gasteiger partial charge in [0.15, 0.2) is 0 Å². The van der Waals surface area contributed by atoms with Crippen LogP contribution in [0.2, 0.25) is 0 Å². The van der Waals surface area contributed by atoms with Gasteiger partial charge in [0.05, 0.1) is 30.0 Å². The number of pyridine rings is 2. The molecule has 0 radical (unpaired) electrons. The summed E-state index contributed by atoms with van der Waals surface area (Å²) in [5.41, 5.74) is 1.05.